The van der Waals surface area contributed by atoms with Crippen LogP contribution in [0.25, 0.3) is 0 Å². The highest BCUT2D eigenvalue weighted by molar-refractivity contribution is 7.99. The Morgan fingerprint density at radius 1 is 1.23 bits per heavy atom. The molecule has 1 saturated heterocycles. The molecule has 162 valence electrons. The van der Waals surface area contributed by atoms with Crippen molar-refractivity contribution in [2.24, 2.45) is 0 Å². The van der Waals surface area contributed by atoms with Crippen LogP contribution in [0.1, 0.15) is 37.0 Å². The maximum atomic E-state index is 12.7. The second kappa shape index (κ2) is 10.5. The van der Waals surface area contributed by atoms with Gasteiger partial charge in [0.1, 0.15) is 6.61 Å². The second-order valence-electron chi connectivity index (χ2n) is 6.95. The van der Waals surface area contributed by atoms with Crippen LogP contribution in [0.2, 0.25) is 0 Å². The molecule has 30 heavy (non-hydrogen) atoms. The van der Waals surface area contributed by atoms with Crippen LogP contribution in [-0.4, -0.2) is 55.7 Å². The summed E-state index contributed by atoms with van der Waals surface area (Å²) in [6.07, 6.45) is 2.28. The van der Waals surface area contributed by atoms with Crippen molar-refractivity contribution in [3.05, 3.63) is 41.1 Å². The average molecular weight is 435 g/mol. The molecular weight excluding hydrogens is 408 g/mol. The number of carbonyl (C=O) groups is 3. The van der Waals surface area contributed by atoms with Crippen molar-refractivity contribution >= 4 is 29.7 Å². The predicted molar refractivity (Wildman–Crippen MR) is 111 cm³/mol. The van der Waals surface area contributed by atoms with Gasteiger partial charge in [0.15, 0.2) is 0 Å². The number of ether oxygens (including phenoxy) is 3. The van der Waals surface area contributed by atoms with Crippen molar-refractivity contribution in [1.29, 1.82) is 0 Å². The highest BCUT2D eigenvalue weighted by atomic mass is 32.2. The first-order valence-electron chi connectivity index (χ1n) is 9.97. The van der Waals surface area contributed by atoms with E-state index in [-0.39, 0.29) is 30.6 Å². The molecule has 3 rings (SSSR count). The number of rotatable bonds is 8. The molecule has 0 aromatic heterocycles. The van der Waals surface area contributed by atoms with Gasteiger partial charge in [-0.05, 0) is 38.8 Å². The van der Waals surface area contributed by atoms with Crippen molar-refractivity contribution in [2.45, 2.75) is 43.7 Å². The molecule has 0 bridgehead atoms. The van der Waals surface area contributed by atoms with Gasteiger partial charge in [-0.3, -0.25) is 0 Å². The van der Waals surface area contributed by atoms with Crippen LogP contribution >= 0.6 is 11.8 Å². The fourth-order valence-electron chi connectivity index (χ4n) is 3.33. The molecule has 0 spiro atoms. The summed E-state index contributed by atoms with van der Waals surface area (Å²) in [5.41, 5.74) is 0.903. The standard InChI is InChI=1S/C21H26N2O6S/c1-3-27-20(25)18-13(2)22-21(26)23-16(18)11-29-19(24)15-8-4-5-9-17(15)30-12-14-7-6-10-28-14/h4-5,8-9,13-14H,3,6-7,10-12H2,1-2H3,(H2,22,23,26)/t13-,14+/m1/s1. The van der Waals surface area contributed by atoms with Crippen molar-refractivity contribution < 1.29 is 28.6 Å². The molecule has 0 radical (unpaired) electrons. The molecule has 0 aliphatic carbocycles. The van der Waals surface area contributed by atoms with Gasteiger partial charge in [0, 0.05) is 17.3 Å². The zero-order valence-corrected chi connectivity index (χ0v) is 17.9. The Hall–Kier alpha value is -2.52. The van der Waals surface area contributed by atoms with Gasteiger partial charge < -0.3 is 24.8 Å². The molecule has 1 fully saturated rings. The summed E-state index contributed by atoms with van der Waals surface area (Å²) in [5, 5.41) is 5.16. The van der Waals surface area contributed by atoms with Gasteiger partial charge in [0.25, 0.3) is 0 Å². The lowest BCUT2D eigenvalue weighted by atomic mass is 10.0. The molecule has 0 saturated carbocycles. The van der Waals surface area contributed by atoms with Crippen LogP contribution in [0, 0.1) is 0 Å². The zero-order chi connectivity index (χ0) is 21.5. The SMILES string of the molecule is CCOC(=O)C1=C(COC(=O)c2ccccc2SC[C@@H]2CCCO2)NC(=O)N[C@@H]1C. The van der Waals surface area contributed by atoms with Crippen LogP contribution in [0.5, 0.6) is 0 Å². The maximum absolute atomic E-state index is 12.7. The number of nitrogens with one attached hydrogen (secondary N) is 2. The van der Waals surface area contributed by atoms with Crippen LogP contribution in [0.3, 0.4) is 0 Å². The third-order valence-corrected chi connectivity index (χ3v) is 5.97. The number of benzene rings is 1. The quantitative estimate of drug-likeness (QED) is 0.479. The predicted octanol–water partition coefficient (Wildman–Crippen LogP) is 2.63. The summed E-state index contributed by atoms with van der Waals surface area (Å²) in [6, 6.07) is 6.18. The third kappa shape index (κ3) is 5.54. The van der Waals surface area contributed by atoms with E-state index >= 15 is 0 Å². The van der Waals surface area contributed by atoms with Gasteiger partial charge in [-0.1, -0.05) is 12.1 Å². The Bertz CT molecular complexity index is 835. The monoisotopic (exact) mass is 434 g/mol. The van der Waals surface area contributed by atoms with E-state index < -0.39 is 24.0 Å². The first-order chi connectivity index (χ1) is 14.5. The minimum Gasteiger partial charge on any atom is -0.463 e. The Labute approximate surface area is 179 Å². The highest BCUT2D eigenvalue weighted by Gasteiger charge is 2.30. The van der Waals surface area contributed by atoms with Crippen LogP contribution in [0.4, 0.5) is 4.79 Å². The zero-order valence-electron chi connectivity index (χ0n) is 17.1. The van der Waals surface area contributed by atoms with Gasteiger partial charge in [0.05, 0.1) is 35.6 Å². The van der Waals surface area contributed by atoms with E-state index in [0.717, 1.165) is 30.1 Å². The summed E-state index contributed by atoms with van der Waals surface area (Å²) in [4.78, 5) is 37.6. The molecule has 9 heteroatoms. The molecule has 2 aliphatic rings. The summed E-state index contributed by atoms with van der Waals surface area (Å²) >= 11 is 1.56. The summed E-state index contributed by atoms with van der Waals surface area (Å²) in [5.74, 6) is -0.320. The number of urea groups is 1. The molecule has 8 nitrogen and oxygen atoms in total. The lowest BCUT2D eigenvalue weighted by Crippen LogP contribution is -2.50. The van der Waals surface area contributed by atoms with E-state index in [9.17, 15) is 14.4 Å². The minimum atomic E-state index is -0.559. The first-order valence-corrected chi connectivity index (χ1v) is 11.0. The van der Waals surface area contributed by atoms with E-state index in [1.54, 1.807) is 37.7 Å². The third-order valence-electron chi connectivity index (χ3n) is 4.77. The number of esters is 2. The second-order valence-corrected chi connectivity index (χ2v) is 8.01. The molecule has 0 unspecified atom stereocenters. The van der Waals surface area contributed by atoms with Crippen LogP contribution in [0.15, 0.2) is 40.4 Å². The number of carbonyl (C=O) groups excluding carboxylic acids is 3. The Morgan fingerprint density at radius 2 is 2.03 bits per heavy atom. The first kappa shape index (κ1) is 22.2. The molecule has 2 atom stereocenters. The maximum Gasteiger partial charge on any atom is 0.339 e. The lowest BCUT2D eigenvalue weighted by Gasteiger charge is -2.26. The van der Waals surface area contributed by atoms with Crippen LogP contribution in [-0.2, 0) is 19.0 Å². The van der Waals surface area contributed by atoms with Gasteiger partial charge in [-0.15, -0.1) is 11.8 Å². The molecule has 2 amide bonds. The molecular formula is C21H26N2O6S. The number of amides is 2. The summed E-state index contributed by atoms with van der Waals surface area (Å²) in [7, 11) is 0. The fraction of sp³-hybridized carbons (Fsp3) is 0.476. The van der Waals surface area contributed by atoms with E-state index in [2.05, 4.69) is 10.6 Å². The molecule has 1 aromatic rings. The molecule has 2 aliphatic heterocycles. The Balaban J connectivity index is 1.70. The van der Waals surface area contributed by atoms with E-state index in [0.29, 0.717) is 5.56 Å². The van der Waals surface area contributed by atoms with E-state index in [1.165, 1.54) is 0 Å². The van der Waals surface area contributed by atoms with Crippen molar-refractivity contribution in [1.82, 2.24) is 10.6 Å². The van der Waals surface area contributed by atoms with Crippen molar-refractivity contribution in [3.8, 4) is 0 Å². The van der Waals surface area contributed by atoms with Gasteiger partial charge in [0.2, 0.25) is 0 Å². The normalized spacial score (nSPS) is 21.1. The van der Waals surface area contributed by atoms with Gasteiger partial charge in [-0.2, -0.15) is 0 Å². The highest BCUT2D eigenvalue weighted by Crippen LogP contribution is 2.27. The number of hydrogen-bond acceptors (Lipinski definition) is 7. The fourth-order valence-corrected chi connectivity index (χ4v) is 4.44. The molecule has 2 N–H and O–H groups in total. The van der Waals surface area contributed by atoms with E-state index in [4.69, 9.17) is 14.2 Å². The number of thioether (sulfide) groups is 1. The summed E-state index contributed by atoms with van der Waals surface area (Å²) < 4.78 is 16.2. The molecule has 1 aromatic carbocycles. The Morgan fingerprint density at radius 3 is 2.77 bits per heavy atom. The van der Waals surface area contributed by atoms with E-state index in [1.807, 2.05) is 12.1 Å². The summed E-state index contributed by atoms with van der Waals surface area (Å²) in [6.45, 7) is 4.11. The van der Waals surface area contributed by atoms with Gasteiger partial charge >= 0.3 is 18.0 Å². The average Bonchev–Trinajstić information content (AvgIpc) is 3.24. The molecule has 2 heterocycles. The van der Waals surface area contributed by atoms with Crippen molar-refractivity contribution in [3.63, 3.8) is 0 Å². The minimum absolute atomic E-state index is 0.197. The number of hydrogen-bond donors (Lipinski definition) is 2. The topological polar surface area (TPSA) is 103 Å². The lowest BCUT2D eigenvalue weighted by molar-refractivity contribution is -0.139. The largest absolute Gasteiger partial charge is 0.463 e. The van der Waals surface area contributed by atoms with Gasteiger partial charge in [-0.25, -0.2) is 14.4 Å². The van der Waals surface area contributed by atoms with Crippen molar-refractivity contribution in [2.75, 3.05) is 25.6 Å². The Kier molecular flexibility index (Phi) is 7.75. The van der Waals surface area contributed by atoms with Crippen LogP contribution < -0.4 is 10.6 Å². The smallest absolute Gasteiger partial charge is 0.339 e.